The number of esters is 1. The van der Waals surface area contributed by atoms with Gasteiger partial charge in [0.05, 0.1) is 32.4 Å². The van der Waals surface area contributed by atoms with Crippen LogP contribution in [0.3, 0.4) is 0 Å². The van der Waals surface area contributed by atoms with Crippen LogP contribution >= 0.6 is 11.6 Å². The number of methoxy groups -OCH3 is 3. The number of carbonyl (C=O) groups is 5. The topological polar surface area (TPSA) is 229 Å². The third-order valence-corrected chi connectivity index (χ3v) is 9.60. The maximum Gasteiger partial charge on any atom is 0.408 e. The molecule has 63 heavy (non-hydrogen) atoms. The van der Waals surface area contributed by atoms with Gasteiger partial charge in [-0.1, -0.05) is 41.9 Å². The number of aromatic hydroxyl groups is 1. The first-order valence-electron chi connectivity index (χ1n) is 19.6. The number of hydrogen-bond donors (Lipinski definition) is 6. The maximum atomic E-state index is 14.7. The Morgan fingerprint density at radius 1 is 0.714 bits per heavy atom. The van der Waals surface area contributed by atoms with Gasteiger partial charge in [-0.2, -0.15) is 0 Å². The molecule has 0 unspecified atom stereocenters. The monoisotopic (exact) mass is 890 g/mol. The van der Waals surface area contributed by atoms with Crippen LogP contribution in [0, 0.1) is 0 Å². The van der Waals surface area contributed by atoms with Crippen LogP contribution in [-0.4, -0.2) is 84.6 Å². The van der Waals surface area contributed by atoms with Crippen LogP contribution in [0.1, 0.15) is 82.0 Å². The fourth-order valence-electron chi connectivity index (χ4n) is 6.40. The summed E-state index contributed by atoms with van der Waals surface area (Å²) < 4.78 is 33.2. The minimum atomic E-state index is -2.20. The summed E-state index contributed by atoms with van der Waals surface area (Å²) in [6.07, 6.45) is -3.01. The highest BCUT2D eigenvalue weighted by Crippen LogP contribution is 2.43. The second kappa shape index (κ2) is 19.5. The van der Waals surface area contributed by atoms with E-state index in [0.29, 0.717) is 22.6 Å². The van der Waals surface area contributed by atoms with E-state index < -0.39 is 77.0 Å². The molecular formula is C45H51ClN4O13. The van der Waals surface area contributed by atoms with Crippen molar-refractivity contribution in [2.24, 2.45) is 0 Å². The minimum Gasteiger partial charge on any atom is -0.504 e. The molecule has 336 valence electrons. The molecule has 17 nitrogen and oxygen atoms in total. The van der Waals surface area contributed by atoms with Gasteiger partial charge >= 0.3 is 12.1 Å². The molecule has 2 aliphatic heterocycles. The van der Waals surface area contributed by atoms with E-state index in [1.165, 1.54) is 45.6 Å². The Labute approximate surface area is 369 Å². The fraction of sp³-hybridized carbons (Fsp3) is 0.356. The number of phenols is 1. The van der Waals surface area contributed by atoms with Crippen LogP contribution in [0.4, 0.5) is 4.79 Å². The Kier molecular flexibility index (Phi) is 14.7. The standard InChI is InChI=1S/C45H51ClN4O13/c1-44(2,3)62-42(56)34-26-21-30(51)38(60-9)32(22-26)61-31-19-14-25(20-29(31)46)37(52)35(50-43(57)63-45(4,5)6)39(53)49-36(41(55)48-34)40(54)47-33(23-10-15-27(58-7)16-11-23)24-12-17-28(59-8)18-13-24/h10-22,33-37,51-52H,1-9H3,(H,47,54)(H,48,55)(H,49,53)(H,50,57)/t34-,35-,36+,37-/m1/s1. The summed E-state index contributed by atoms with van der Waals surface area (Å²) in [5.74, 6) is -4.44. The summed E-state index contributed by atoms with van der Waals surface area (Å²) in [5.41, 5.74) is -1.19. The van der Waals surface area contributed by atoms with Crippen molar-refractivity contribution >= 4 is 41.4 Å². The lowest BCUT2D eigenvalue weighted by Crippen LogP contribution is -2.61. The van der Waals surface area contributed by atoms with Crippen molar-refractivity contribution in [3.63, 3.8) is 0 Å². The first-order chi connectivity index (χ1) is 29.6. The Morgan fingerprint density at radius 3 is 1.78 bits per heavy atom. The summed E-state index contributed by atoms with van der Waals surface area (Å²) in [5, 5.41) is 32.9. The van der Waals surface area contributed by atoms with Crippen molar-refractivity contribution in [3.8, 4) is 34.5 Å². The Morgan fingerprint density at radius 2 is 1.27 bits per heavy atom. The molecule has 4 amide bonds. The third-order valence-electron chi connectivity index (χ3n) is 9.31. The van der Waals surface area contributed by atoms with Crippen molar-refractivity contribution in [1.29, 1.82) is 0 Å². The summed E-state index contributed by atoms with van der Waals surface area (Å²) in [6.45, 7) is 9.51. The van der Waals surface area contributed by atoms with E-state index in [-0.39, 0.29) is 33.4 Å². The van der Waals surface area contributed by atoms with Crippen LogP contribution in [0.25, 0.3) is 0 Å². The Bertz CT molecular complexity index is 2280. The number of alkyl carbamates (subject to hydrolysis) is 1. The molecule has 0 aromatic heterocycles. The first kappa shape index (κ1) is 47.3. The number of benzene rings is 4. The number of ether oxygens (including phenoxy) is 6. The van der Waals surface area contributed by atoms with Crippen LogP contribution in [0.5, 0.6) is 34.5 Å². The fourth-order valence-corrected chi connectivity index (χ4v) is 6.62. The van der Waals surface area contributed by atoms with Crippen LogP contribution in [0.15, 0.2) is 78.9 Å². The van der Waals surface area contributed by atoms with E-state index in [9.17, 15) is 34.2 Å². The average molecular weight is 891 g/mol. The molecule has 6 rings (SSSR count). The summed E-state index contributed by atoms with van der Waals surface area (Å²) in [7, 11) is 4.25. The summed E-state index contributed by atoms with van der Waals surface area (Å²) in [4.78, 5) is 71.2. The number of hydrogen-bond acceptors (Lipinski definition) is 13. The van der Waals surface area contributed by atoms with Gasteiger partial charge in [-0.15, -0.1) is 0 Å². The van der Waals surface area contributed by atoms with E-state index >= 15 is 0 Å². The van der Waals surface area contributed by atoms with Crippen LogP contribution in [-0.2, 0) is 28.7 Å². The molecule has 4 aromatic rings. The van der Waals surface area contributed by atoms with E-state index in [0.717, 1.165) is 6.07 Å². The molecule has 2 aliphatic rings. The van der Waals surface area contributed by atoms with E-state index in [4.69, 9.17) is 40.0 Å². The summed E-state index contributed by atoms with van der Waals surface area (Å²) in [6, 6.07) is 12.9. The van der Waals surface area contributed by atoms with Gasteiger partial charge < -0.3 is 59.9 Å². The van der Waals surface area contributed by atoms with Gasteiger partial charge in [-0.25, -0.2) is 9.59 Å². The van der Waals surface area contributed by atoms with Crippen molar-refractivity contribution in [2.45, 2.75) is 83.0 Å². The third kappa shape index (κ3) is 12.0. The molecule has 2 heterocycles. The van der Waals surface area contributed by atoms with Crippen molar-refractivity contribution in [1.82, 2.24) is 21.3 Å². The summed E-state index contributed by atoms with van der Waals surface area (Å²) >= 11 is 6.65. The molecule has 0 aliphatic carbocycles. The molecule has 0 saturated heterocycles. The molecule has 6 N–H and O–H groups in total. The van der Waals surface area contributed by atoms with Gasteiger partial charge in [0.15, 0.2) is 23.6 Å². The number of aliphatic hydroxyl groups is 1. The average Bonchev–Trinajstić information content (AvgIpc) is 3.21. The van der Waals surface area contributed by atoms with E-state index in [2.05, 4.69) is 21.3 Å². The van der Waals surface area contributed by atoms with Crippen molar-refractivity contribution in [3.05, 3.63) is 106 Å². The van der Waals surface area contributed by atoms with Crippen molar-refractivity contribution in [2.75, 3.05) is 21.3 Å². The quantitative estimate of drug-likeness (QED) is 0.0878. The zero-order valence-electron chi connectivity index (χ0n) is 36.2. The SMILES string of the molecule is COc1ccc(C(NC(=O)[C@@H]2NC(=O)[C@H](NC(=O)OC(C)(C)C)[C@H](O)c3ccc(c(Cl)c3)Oc3cc(cc(O)c3OC)[C@H](C(=O)OC(C)(C)C)NC2=O)c2ccc(OC)cc2)cc1. The predicted octanol–water partition coefficient (Wildman–Crippen LogP) is 5.69. The number of rotatable bonds is 9. The molecule has 4 bridgehead atoms. The normalized spacial score (nSPS) is 18.0. The number of nitrogens with one attached hydrogen (secondary N) is 4. The lowest BCUT2D eigenvalue weighted by molar-refractivity contribution is -0.159. The minimum absolute atomic E-state index is 0.00580. The van der Waals surface area contributed by atoms with E-state index in [1.807, 2.05) is 0 Å². The molecule has 0 radical (unpaired) electrons. The molecule has 0 saturated carbocycles. The number of halogens is 1. The molecule has 0 spiro atoms. The van der Waals surface area contributed by atoms with Gasteiger partial charge in [0, 0.05) is 0 Å². The van der Waals surface area contributed by atoms with Gasteiger partial charge in [0.1, 0.15) is 40.6 Å². The van der Waals surface area contributed by atoms with Crippen LogP contribution in [0.2, 0.25) is 5.02 Å². The molecule has 18 heteroatoms. The van der Waals surface area contributed by atoms with Gasteiger partial charge in [0.2, 0.25) is 11.7 Å². The van der Waals surface area contributed by atoms with Crippen LogP contribution < -0.4 is 40.2 Å². The molecule has 4 atom stereocenters. The van der Waals surface area contributed by atoms with E-state index in [1.54, 1.807) is 90.1 Å². The zero-order chi connectivity index (χ0) is 46.4. The number of aliphatic hydroxyl groups excluding tert-OH is 1. The van der Waals surface area contributed by atoms with Crippen molar-refractivity contribution < 1.29 is 62.6 Å². The number of fused-ring (bicyclic) bond motifs is 9. The largest absolute Gasteiger partial charge is 0.504 e. The Balaban J connectivity index is 1.70. The second-order valence-corrected chi connectivity index (χ2v) is 16.7. The second-order valence-electron chi connectivity index (χ2n) is 16.3. The smallest absolute Gasteiger partial charge is 0.408 e. The van der Waals surface area contributed by atoms with Gasteiger partial charge in [0.25, 0.3) is 11.8 Å². The maximum absolute atomic E-state index is 14.7. The Hall–Kier alpha value is -6.72. The highest BCUT2D eigenvalue weighted by atomic mass is 35.5. The highest BCUT2D eigenvalue weighted by molar-refractivity contribution is 6.32. The zero-order valence-corrected chi connectivity index (χ0v) is 36.9. The highest BCUT2D eigenvalue weighted by Gasteiger charge is 2.40. The predicted molar refractivity (Wildman–Crippen MR) is 229 cm³/mol. The number of amides is 4. The number of phenolic OH excluding ortho intramolecular Hbond substituents is 1. The molecular weight excluding hydrogens is 840 g/mol. The first-order valence-corrected chi connectivity index (χ1v) is 20.0. The molecule has 0 fully saturated rings. The lowest BCUT2D eigenvalue weighted by Gasteiger charge is -2.30. The van der Waals surface area contributed by atoms with Gasteiger partial charge in [-0.05, 0) is 112 Å². The lowest BCUT2D eigenvalue weighted by atomic mass is 9.97. The number of carbonyl (C=O) groups excluding carboxylic acids is 5. The van der Waals surface area contributed by atoms with Gasteiger partial charge in [-0.3, -0.25) is 14.4 Å². The molecule has 4 aromatic carbocycles.